The van der Waals surface area contributed by atoms with E-state index in [1.807, 2.05) is 6.07 Å². The van der Waals surface area contributed by atoms with Gasteiger partial charge in [-0.2, -0.15) is 0 Å². The molecule has 4 rings (SSSR count). The lowest BCUT2D eigenvalue weighted by Crippen LogP contribution is -2.49. The van der Waals surface area contributed by atoms with Gasteiger partial charge >= 0.3 is 0 Å². The second-order valence-corrected chi connectivity index (χ2v) is 7.11. The van der Waals surface area contributed by atoms with Gasteiger partial charge in [-0.3, -0.25) is 4.79 Å². The quantitative estimate of drug-likeness (QED) is 0.844. The number of nitrogens with one attached hydrogen (secondary N) is 2. The highest BCUT2D eigenvalue weighted by atomic mass is 35.5. The van der Waals surface area contributed by atoms with Gasteiger partial charge in [-0.1, -0.05) is 24.3 Å². The molecule has 6 heteroatoms. The molecule has 0 bridgehead atoms. The summed E-state index contributed by atoms with van der Waals surface area (Å²) in [5.74, 6) is -0.561. The first kappa shape index (κ1) is 19.8. The van der Waals surface area contributed by atoms with Crippen LogP contribution >= 0.6 is 12.4 Å². The van der Waals surface area contributed by atoms with Crippen LogP contribution in [0.4, 0.5) is 4.39 Å². The summed E-state index contributed by atoms with van der Waals surface area (Å²) >= 11 is 0. The third-order valence-corrected chi connectivity index (χ3v) is 5.82. The molecule has 2 aromatic carbocycles. The predicted octanol–water partition coefficient (Wildman–Crippen LogP) is 3.37. The second kappa shape index (κ2) is 7.97. The van der Waals surface area contributed by atoms with E-state index in [2.05, 4.69) is 28.8 Å². The van der Waals surface area contributed by atoms with Crippen LogP contribution in [-0.2, 0) is 10.2 Å². The number of benzene rings is 2. The van der Waals surface area contributed by atoms with Crippen LogP contribution in [-0.4, -0.2) is 32.2 Å². The smallest absolute Gasteiger partial charge is 0.251 e. The molecule has 1 aliphatic carbocycles. The standard InChI is InChI=1S/C21H23FN2O2.ClH/c1-26-19-18(24-20(25)14-6-8-15(22)9-7-14)16-4-2-3-5-17(16)21(19)10-12-23-13-11-21;/h2-9,18-19,23H,10-13H2,1H3,(H,24,25);1H/t18-,19+;/m1./s1. The van der Waals surface area contributed by atoms with E-state index in [0.717, 1.165) is 31.5 Å². The van der Waals surface area contributed by atoms with Crippen molar-refractivity contribution >= 4 is 18.3 Å². The van der Waals surface area contributed by atoms with Crippen LogP contribution in [0.15, 0.2) is 48.5 Å². The van der Waals surface area contributed by atoms with Crippen LogP contribution in [0, 0.1) is 5.82 Å². The molecule has 1 saturated heterocycles. The minimum Gasteiger partial charge on any atom is -0.378 e. The minimum absolute atomic E-state index is 0. The minimum atomic E-state index is -0.351. The summed E-state index contributed by atoms with van der Waals surface area (Å²) in [5, 5.41) is 6.56. The van der Waals surface area contributed by atoms with Gasteiger partial charge in [0, 0.05) is 18.1 Å². The fourth-order valence-electron chi connectivity index (χ4n) is 4.62. The first-order valence-electron chi connectivity index (χ1n) is 9.05. The normalized spacial score (nSPS) is 22.7. The summed E-state index contributed by atoms with van der Waals surface area (Å²) in [7, 11) is 1.72. The van der Waals surface area contributed by atoms with Gasteiger partial charge < -0.3 is 15.4 Å². The number of halogens is 2. The molecule has 2 N–H and O–H groups in total. The second-order valence-electron chi connectivity index (χ2n) is 7.11. The Balaban J connectivity index is 0.00000210. The SMILES string of the molecule is CO[C@H]1[C@H](NC(=O)c2ccc(F)cc2)c2ccccc2C12CCNCC2.Cl. The molecule has 2 aliphatic rings. The van der Waals surface area contributed by atoms with E-state index in [4.69, 9.17) is 4.74 Å². The molecule has 144 valence electrons. The maximum atomic E-state index is 13.1. The van der Waals surface area contributed by atoms with Crippen molar-refractivity contribution in [3.8, 4) is 0 Å². The molecule has 0 aromatic heterocycles. The van der Waals surface area contributed by atoms with Crippen molar-refractivity contribution in [2.75, 3.05) is 20.2 Å². The maximum absolute atomic E-state index is 13.1. The third kappa shape index (κ3) is 3.35. The molecule has 0 saturated carbocycles. The molecule has 4 nitrogen and oxygen atoms in total. The van der Waals surface area contributed by atoms with Gasteiger partial charge in [0.25, 0.3) is 5.91 Å². The lowest BCUT2D eigenvalue weighted by Gasteiger charge is -2.40. The van der Waals surface area contributed by atoms with E-state index in [0.29, 0.717) is 5.56 Å². The molecule has 1 aliphatic heterocycles. The topological polar surface area (TPSA) is 50.4 Å². The third-order valence-electron chi connectivity index (χ3n) is 5.82. The lowest BCUT2D eigenvalue weighted by molar-refractivity contribution is 0.00397. The number of piperidine rings is 1. The van der Waals surface area contributed by atoms with Crippen molar-refractivity contribution in [3.05, 3.63) is 71.0 Å². The first-order valence-corrected chi connectivity index (χ1v) is 9.05. The summed E-state index contributed by atoms with van der Waals surface area (Å²) < 4.78 is 19.1. The van der Waals surface area contributed by atoms with Crippen LogP contribution in [0.2, 0.25) is 0 Å². The fourth-order valence-corrected chi connectivity index (χ4v) is 4.62. The van der Waals surface area contributed by atoms with Gasteiger partial charge in [0.2, 0.25) is 0 Å². The number of hydrogen-bond acceptors (Lipinski definition) is 3. The van der Waals surface area contributed by atoms with Crippen molar-refractivity contribution in [1.82, 2.24) is 10.6 Å². The number of carbonyl (C=O) groups excluding carboxylic acids is 1. The number of amides is 1. The zero-order valence-corrected chi connectivity index (χ0v) is 16.0. The zero-order valence-electron chi connectivity index (χ0n) is 15.2. The van der Waals surface area contributed by atoms with E-state index in [9.17, 15) is 9.18 Å². The molecule has 2 atom stereocenters. The lowest BCUT2D eigenvalue weighted by atomic mass is 9.72. The number of fused-ring (bicyclic) bond motifs is 2. The van der Waals surface area contributed by atoms with E-state index in [-0.39, 0.29) is 41.7 Å². The molecule has 2 aromatic rings. The Kier molecular flexibility index (Phi) is 5.84. The Morgan fingerprint density at radius 2 is 1.81 bits per heavy atom. The van der Waals surface area contributed by atoms with E-state index in [1.54, 1.807) is 7.11 Å². The Hall–Kier alpha value is -1.95. The Morgan fingerprint density at radius 1 is 1.15 bits per heavy atom. The molecule has 1 amide bonds. The van der Waals surface area contributed by atoms with Gasteiger partial charge in [-0.05, 0) is 61.3 Å². The molecule has 0 unspecified atom stereocenters. The van der Waals surface area contributed by atoms with Gasteiger partial charge in [-0.25, -0.2) is 4.39 Å². The average molecular weight is 391 g/mol. The predicted molar refractivity (Wildman–Crippen MR) is 105 cm³/mol. The van der Waals surface area contributed by atoms with E-state index in [1.165, 1.54) is 29.8 Å². The van der Waals surface area contributed by atoms with E-state index >= 15 is 0 Å². The van der Waals surface area contributed by atoms with Crippen LogP contribution < -0.4 is 10.6 Å². The van der Waals surface area contributed by atoms with Crippen LogP contribution in [0.5, 0.6) is 0 Å². The Morgan fingerprint density at radius 3 is 2.48 bits per heavy atom. The average Bonchev–Trinajstić information content (AvgIpc) is 2.92. The molecule has 1 fully saturated rings. The van der Waals surface area contributed by atoms with Crippen LogP contribution in [0.1, 0.15) is 40.4 Å². The summed E-state index contributed by atoms with van der Waals surface area (Å²) in [6.45, 7) is 1.87. The van der Waals surface area contributed by atoms with Crippen molar-refractivity contribution < 1.29 is 13.9 Å². The van der Waals surface area contributed by atoms with E-state index < -0.39 is 0 Å². The van der Waals surface area contributed by atoms with Crippen LogP contribution in [0.3, 0.4) is 0 Å². The number of ether oxygens (including phenoxy) is 1. The highest BCUT2D eigenvalue weighted by molar-refractivity contribution is 5.94. The highest BCUT2D eigenvalue weighted by Crippen LogP contribution is 2.51. The summed E-state index contributed by atoms with van der Waals surface area (Å²) in [6.07, 6.45) is 1.84. The Bertz CT molecular complexity index is 806. The Labute approximate surface area is 164 Å². The molecular formula is C21H24ClFN2O2. The fraction of sp³-hybridized carbons (Fsp3) is 0.381. The molecule has 27 heavy (non-hydrogen) atoms. The number of methoxy groups -OCH3 is 1. The first-order chi connectivity index (χ1) is 12.7. The van der Waals surface area contributed by atoms with Crippen molar-refractivity contribution in [2.45, 2.75) is 30.4 Å². The van der Waals surface area contributed by atoms with Gasteiger partial charge in [0.05, 0.1) is 12.1 Å². The zero-order chi connectivity index (χ0) is 18.1. The molecule has 0 radical (unpaired) electrons. The van der Waals surface area contributed by atoms with Crippen molar-refractivity contribution in [2.24, 2.45) is 0 Å². The summed E-state index contributed by atoms with van der Waals surface area (Å²) in [5.41, 5.74) is 2.76. The molecule has 1 spiro atoms. The monoisotopic (exact) mass is 390 g/mol. The molecular weight excluding hydrogens is 367 g/mol. The van der Waals surface area contributed by atoms with Crippen molar-refractivity contribution in [3.63, 3.8) is 0 Å². The molecule has 1 heterocycles. The number of hydrogen-bond donors (Lipinski definition) is 2. The summed E-state index contributed by atoms with van der Waals surface area (Å²) in [6, 6.07) is 13.7. The van der Waals surface area contributed by atoms with Gasteiger partial charge in [-0.15, -0.1) is 12.4 Å². The van der Waals surface area contributed by atoms with Gasteiger partial charge in [0.15, 0.2) is 0 Å². The van der Waals surface area contributed by atoms with Crippen molar-refractivity contribution in [1.29, 1.82) is 0 Å². The van der Waals surface area contributed by atoms with Crippen LogP contribution in [0.25, 0.3) is 0 Å². The highest BCUT2D eigenvalue weighted by Gasteiger charge is 2.53. The van der Waals surface area contributed by atoms with Gasteiger partial charge in [0.1, 0.15) is 5.82 Å². The maximum Gasteiger partial charge on any atom is 0.251 e. The summed E-state index contributed by atoms with van der Waals surface area (Å²) in [4.78, 5) is 12.8. The number of carbonyl (C=O) groups is 1. The number of rotatable bonds is 3. The largest absolute Gasteiger partial charge is 0.378 e.